The number of carbonyl (C=O) groups excluding carboxylic acids is 2. The van der Waals surface area contributed by atoms with Crippen molar-refractivity contribution in [2.45, 2.75) is 69.9 Å². The van der Waals surface area contributed by atoms with Gasteiger partial charge in [0.05, 0.1) is 0 Å². The molecule has 112 valence electrons. The van der Waals surface area contributed by atoms with Gasteiger partial charge < -0.3 is 10.2 Å². The summed E-state index contributed by atoms with van der Waals surface area (Å²) in [7, 11) is 0. The Morgan fingerprint density at radius 2 is 1.80 bits per heavy atom. The first kappa shape index (κ1) is 15.1. The van der Waals surface area contributed by atoms with Gasteiger partial charge in [0.1, 0.15) is 11.1 Å². The van der Waals surface area contributed by atoms with Gasteiger partial charge in [0.2, 0.25) is 11.8 Å². The maximum Gasteiger partial charge on any atom is 0.249 e. The third kappa shape index (κ3) is 2.05. The molecule has 0 aromatic carbocycles. The van der Waals surface area contributed by atoms with Crippen molar-refractivity contribution in [1.29, 1.82) is 0 Å². The third-order valence-corrected chi connectivity index (χ3v) is 5.14. The molecule has 1 spiro atoms. The van der Waals surface area contributed by atoms with E-state index >= 15 is 0 Å². The Morgan fingerprint density at radius 1 is 1.20 bits per heavy atom. The van der Waals surface area contributed by atoms with Crippen molar-refractivity contribution in [3.8, 4) is 0 Å². The van der Waals surface area contributed by atoms with Crippen molar-refractivity contribution in [1.82, 2.24) is 10.2 Å². The zero-order chi connectivity index (χ0) is 14.8. The van der Waals surface area contributed by atoms with Crippen LogP contribution in [0.25, 0.3) is 0 Å². The fourth-order valence-electron chi connectivity index (χ4n) is 3.80. The summed E-state index contributed by atoms with van der Waals surface area (Å²) in [6, 6.07) is 0. The molecular formula is C16H26N2O2. The van der Waals surface area contributed by atoms with E-state index in [1.807, 2.05) is 13.8 Å². The second kappa shape index (κ2) is 5.58. The van der Waals surface area contributed by atoms with Crippen LogP contribution in [0, 0.1) is 0 Å². The fourth-order valence-corrected chi connectivity index (χ4v) is 3.80. The summed E-state index contributed by atoms with van der Waals surface area (Å²) in [4.78, 5) is 27.6. The molecule has 2 fully saturated rings. The molecule has 0 bridgehead atoms. The highest BCUT2D eigenvalue weighted by Gasteiger charge is 2.56. The molecule has 20 heavy (non-hydrogen) atoms. The molecule has 0 unspecified atom stereocenters. The highest BCUT2D eigenvalue weighted by Crippen LogP contribution is 2.38. The minimum Gasteiger partial charge on any atom is -0.340 e. The summed E-state index contributed by atoms with van der Waals surface area (Å²) in [5, 5.41) is 3.10. The normalized spacial score (nSPS) is 24.6. The zero-order valence-electron chi connectivity index (χ0n) is 12.7. The molecule has 0 atom stereocenters. The molecule has 1 aliphatic heterocycles. The van der Waals surface area contributed by atoms with Gasteiger partial charge in [-0.05, 0) is 25.7 Å². The Kier molecular flexibility index (Phi) is 4.21. The number of nitrogens with zero attached hydrogens (tertiary/aromatic N) is 1. The first-order valence-electron chi connectivity index (χ1n) is 7.82. The van der Waals surface area contributed by atoms with Gasteiger partial charge in [0.15, 0.2) is 0 Å². The van der Waals surface area contributed by atoms with Gasteiger partial charge in [-0.2, -0.15) is 0 Å². The monoisotopic (exact) mass is 278 g/mol. The summed E-state index contributed by atoms with van der Waals surface area (Å²) < 4.78 is 0. The smallest absolute Gasteiger partial charge is 0.249 e. The first-order chi connectivity index (χ1) is 9.56. The molecule has 1 saturated heterocycles. The SMILES string of the molecule is C=CCN1C(=O)C2(CCCCC2)NC(=O)C1(CC)CC. The number of piperazine rings is 1. The lowest BCUT2D eigenvalue weighted by atomic mass is 9.74. The minimum atomic E-state index is -0.700. The number of hydrogen-bond donors (Lipinski definition) is 1. The first-order valence-corrected chi connectivity index (χ1v) is 7.82. The van der Waals surface area contributed by atoms with Crippen molar-refractivity contribution in [3.63, 3.8) is 0 Å². The maximum atomic E-state index is 13.0. The van der Waals surface area contributed by atoms with Gasteiger partial charge in [-0.1, -0.05) is 39.2 Å². The van der Waals surface area contributed by atoms with Crippen molar-refractivity contribution in [3.05, 3.63) is 12.7 Å². The van der Waals surface area contributed by atoms with Crippen LogP contribution in [0.4, 0.5) is 0 Å². The Labute approximate surface area is 121 Å². The van der Waals surface area contributed by atoms with Crippen LogP contribution in [0.15, 0.2) is 12.7 Å². The molecule has 2 amide bonds. The Balaban J connectivity index is 2.40. The van der Waals surface area contributed by atoms with Crippen LogP contribution in [0.3, 0.4) is 0 Å². The lowest BCUT2D eigenvalue weighted by Gasteiger charge is -2.53. The molecule has 4 heteroatoms. The van der Waals surface area contributed by atoms with Crippen LogP contribution in [-0.2, 0) is 9.59 Å². The molecule has 4 nitrogen and oxygen atoms in total. The van der Waals surface area contributed by atoms with E-state index in [1.165, 1.54) is 0 Å². The fraction of sp³-hybridized carbons (Fsp3) is 0.750. The predicted octanol–water partition coefficient (Wildman–Crippen LogP) is 2.39. The maximum absolute atomic E-state index is 13.0. The van der Waals surface area contributed by atoms with Crippen LogP contribution >= 0.6 is 0 Å². The second-order valence-corrected chi connectivity index (χ2v) is 6.04. The van der Waals surface area contributed by atoms with Gasteiger partial charge in [0.25, 0.3) is 0 Å². The van der Waals surface area contributed by atoms with Crippen LogP contribution in [0.1, 0.15) is 58.8 Å². The highest BCUT2D eigenvalue weighted by atomic mass is 16.2. The summed E-state index contributed by atoms with van der Waals surface area (Å²) >= 11 is 0. The van der Waals surface area contributed by atoms with Gasteiger partial charge >= 0.3 is 0 Å². The molecule has 2 rings (SSSR count). The van der Waals surface area contributed by atoms with Crippen molar-refractivity contribution in [2.75, 3.05) is 6.54 Å². The van der Waals surface area contributed by atoms with Gasteiger partial charge in [-0.3, -0.25) is 9.59 Å². The summed E-state index contributed by atoms with van der Waals surface area (Å²) in [5.74, 6) is 0.117. The Morgan fingerprint density at radius 3 is 2.30 bits per heavy atom. The van der Waals surface area contributed by atoms with E-state index in [-0.39, 0.29) is 11.8 Å². The molecule has 1 aliphatic carbocycles. The predicted molar refractivity (Wildman–Crippen MR) is 79.2 cm³/mol. The molecule has 0 aromatic heterocycles. The quantitative estimate of drug-likeness (QED) is 0.803. The minimum absolute atomic E-state index is 0.0193. The molecular weight excluding hydrogens is 252 g/mol. The molecule has 0 radical (unpaired) electrons. The van der Waals surface area contributed by atoms with Crippen LogP contribution < -0.4 is 5.32 Å². The van der Waals surface area contributed by atoms with Crippen LogP contribution in [0.2, 0.25) is 0 Å². The molecule has 2 aliphatic rings. The number of hydrogen-bond acceptors (Lipinski definition) is 2. The van der Waals surface area contributed by atoms with E-state index < -0.39 is 11.1 Å². The largest absolute Gasteiger partial charge is 0.340 e. The number of amides is 2. The van der Waals surface area contributed by atoms with E-state index in [0.717, 1.165) is 32.1 Å². The third-order valence-electron chi connectivity index (χ3n) is 5.14. The lowest BCUT2D eigenvalue weighted by Crippen LogP contribution is -2.75. The molecule has 1 saturated carbocycles. The molecule has 0 aromatic rings. The topological polar surface area (TPSA) is 49.4 Å². The molecule has 1 heterocycles. The summed E-state index contributed by atoms with van der Waals surface area (Å²) in [6.07, 6.45) is 7.74. The zero-order valence-corrected chi connectivity index (χ0v) is 12.7. The second-order valence-electron chi connectivity index (χ2n) is 6.04. The van der Waals surface area contributed by atoms with Crippen molar-refractivity contribution < 1.29 is 9.59 Å². The van der Waals surface area contributed by atoms with E-state index in [4.69, 9.17) is 0 Å². The number of nitrogens with one attached hydrogen (secondary N) is 1. The Hall–Kier alpha value is -1.32. The van der Waals surface area contributed by atoms with E-state index in [0.29, 0.717) is 19.4 Å². The van der Waals surface area contributed by atoms with Crippen LogP contribution in [-0.4, -0.2) is 34.3 Å². The molecule has 1 N–H and O–H groups in total. The van der Waals surface area contributed by atoms with E-state index in [2.05, 4.69) is 11.9 Å². The Bertz CT molecular complexity index is 407. The number of carbonyl (C=O) groups is 2. The summed E-state index contributed by atoms with van der Waals surface area (Å²) in [5.41, 5.74) is -1.35. The lowest BCUT2D eigenvalue weighted by molar-refractivity contribution is -0.164. The van der Waals surface area contributed by atoms with E-state index in [9.17, 15) is 9.59 Å². The van der Waals surface area contributed by atoms with Gasteiger partial charge in [-0.15, -0.1) is 6.58 Å². The van der Waals surface area contributed by atoms with Gasteiger partial charge in [-0.25, -0.2) is 0 Å². The van der Waals surface area contributed by atoms with Crippen molar-refractivity contribution in [2.24, 2.45) is 0 Å². The van der Waals surface area contributed by atoms with Gasteiger partial charge in [0, 0.05) is 6.54 Å². The average molecular weight is 278 g/mol. The average Bonchev–Trinajstić information content (AvgIpc) is 2.47. The van der Waals surface area contributed by atoms with Crippen LogP contribution in [0.5, 0.6) is 0 Å². The standard InChI is InChI=1S/C16H26N2O2/c1-4-12-18-14(20)15(10-8-7-9-11-15)17-13(19)16(18,5-2)6-3/h4H,1,5-12H2,2-3H3,(H,17,19). The van der Waals surface area contributed by atoms with E-state index in [1.54, 1.807) is 11.0 Å². The van der Waals surface area contributed by atoms with Crippen molar-refractivity contribution >= 4 is 11.8 Å². The highest BCUT2D eigenvalue weighted by molar-refractivity contribution is 6.02. The summed E-state index contributed by atoms with van der Waals surface area (Å²) in [6.45, 7) is 8.17. The number of rotatable bonds is 4.